The van der Waals surface area contributed by atoms with E-state index in [1.165, 1.54) is 29.0 Å². The van der Waals surface area contributed by atoms with Crippen molar-refractivity contribution in [2.24, 2.45) is 0 Å². The first-order valence-corrected chi connectivity index (χ1v) is 11.4. The molecule has 0 aliphatic carbocycles. The molecule has 164 valence electrons. The lowest BCUT2D eigenvalue weighted by molar-refractivity contribution is 0.0788. The van der Waals surface area contributed by atoms with Crippen molar-refractivity contribution in [3.63, 3.8) is 0 Å². The third-order valence-electron chi connectivity index (χ3n) is 5.37. The van der Waals surface area contributed by atoms with Crippen LogP contribution in [-0.2, 0) is 6.42 Å². The monoisotopic (exact) mass is 448 g/mol. The van der Waals surface area contributed by atoms with Crippen molar-refractivity contribution >= 4 is 17.2 Å². The summed E-state index contributed by atoms with van der Waals surface area (Å²) in [6, 6.07) is 14.5. The Morgan fingerprint density at radius 3 is 2.78 bits per heavy atom. The zero-order valence-electron chi connectivity index (χ0n) is 18.4. The Kier molecular flexibility index (Phi) is 6.46. The van der Waals surface area contributed by atoms with E-state index in [1.54, 1.807) is 18.0 Å². The summed E-state index contributed by atoms with van der Waals surface area (Å²) in [7, 11) is 1.80. The Bertz CT molecular complexity index is 1250. The molecule has 5 nitrogen and oxygen atoms in total. The van der Waals surface area contributed by atoms with E-state index in [0.717, 1.165) is 40.2 Å². The number of nitrogens with one attached hydrogen (secondary N) is 1. The number of hydrogen-bond acceptors (Lipinski definition) is 4. The van der Waals surface area contributed by atoms with Crippen LogP contribution in [0.1, 0.15) is 33.7 Å². The highest BCUT2D eigenvalue weighted by Crippen LogP contribution is 2.28. The van der Waals surface area contributed by atoms with Crippen molar-refractivity contribution in [3.05, 3.63) is 82.2 Å². The molecule has 0 aliphatic heterocycles. The molecular formula is C25H25FN4OS. The summed E-state index contributed by atoms with van der Waals surface area (Å²) >= 11 is 1.49. The van der Waals surface area contributed by atoms with E-state index >= 15 is 0 Å². The second-order valence-electron chi connectivity index (χ2n) is 7.98. The highest BCUT2D eigenvalue weighted by Gasteiger charge is 2.17. The van der Waals surface area contributed by atoms with Gasteiger partial charge >= 0.3 is 0 Å². The SMILES string of the molecule is Cc1ccc(-c2nc(C(=O)N(C)CCCc3cc(-c4cccc(F)c4)n[nH]3)cs2)c(C)c1. The molecule has 0 bridgehead atoms. The van der Waals surface area contributed by atoms with Gasteiger partial charge in [-0.25, -0.2) is 9.37 Å². The number of thiazole rings is 1. The Balaban J connectivity index is 1.33. The molecule has 0 radical (unpaired) electrons. The van der Waals surface area contributed by atoms with E-state index in [4.69, 9.17) is 0 Å². The van der Waals surface area contributed by atoms with Crippen LogP contribution in [0.2, 0.25) is 0 Å². The van der Waals surface area contributed by atoms with E-state index in [0.29, 0.717) is 17.9 Å². The predicted octanol–water partition coefficient (Wildman–Crippen LogP) is 5.66. The molecule has 0 unspecified atom stereocenters. The summed E-state index contributed by atoms with van der Waals surface area (Å²) < 4.78 is 13.4. The Hall–Kier alpha value is -3.32. The third-order valence-corrected chi connectivity index (χ3v) is 6.25. The van der Waals surface area contributed by atoms with Crippen molar-refractivity contribution in [1.82, 2.24) is 20.1 Å². The molecule has 4 rings (SSSR count). The summed E-state index contributed by atoms with van der Waals surface area (Å²) in [5.74, 6) is -0.364. The number of carbonyl (C=O) groups is 1. The van der Waals surface area contributed by atoms with Gasteiger partial charge in [0.15, 0.2) is 0 Å². The molecule has 0 fully saturated rings. The first kappa shape index (κ1) is 21.9. The van der Waals surface area contributed by atoms with Gasteiger partial charge in [0.05, 0.1) is 5.69 Å². The maximum absolute atomic E-state index is 13.4. The van der Waals surface area contributed by atoms with Gasteiger partial charge < -0.3 is 4.90 Å². The quantitative estimate of drug-likeness (QED) is 0.397. The lowest BCUT2D eigenvalue weighted by Crippen LogP contribution is -2.28. The fourth-order valence-corrected chi connectivity index (χ4v) is 4.52. The van der Waals surface area contributed by atoms with Crippen LogP contribution >= 0.6 is 11.3 Å². The molecule has 2 heterocycles. The molecule has 7 heteroatoms. The summed E-state index contributed by atoms with van der Waals surface area (Å²) in [5.41, 5.74) is 6.31. The highest BCUT2D eigenvalue weighted by atomic mass is 32.1. The second kappa shape index (κ2) is 9.44. The molecule has 0 spiro atoms. The molecule has 32 heavy (non-hydrogen) atoms. The topological polar surface area (TPSA) is 61.9 Å². The van der Waals surface area contributed by atoms with Gasteiger partial charge in [-0.1, -0.05) is 35.9 Å². The molecule has 1 N–H and O–H groups in total. The van der Waals surface area contributed by atoms with E-state index in [-0.39, 0.29) is 11.7 Å². The number of carbonyl (C=O) groups excluding carboxylic acids is 1. The van der Waals surface area contributed by atoms with Gasteiger partial charge in [0.25, 0.3) is 5.91 Å². The molecule has 0 saturated heterocycles. The van der Waals surface area contributed by atoms with Crippen LogP contribution in [0.4, 0.5) is 4.39 Å². The predicted molar refractivity (Wildman–Crippen MR) is 126 cm³/mol. The Morgan fingerprint density at radius 1 is 1.16 bits per heavy atom. The normalized spacial score (nSPS) is 11.0. The molecule has 1 amide bonds. The fraction of sp³-hybridized carbons (Fsp3) is 0.240. The van der Waals surface area contributed by atoms with Crippen molar-refractivity contribution in [1.29, 1.82) is 0 Å². The van der Waals surface area contributed by atoms with Gasteiger partial charge in [0.2, 0.25) is 0 Å². The van der Waals surface area contributed by atoms with Gasteiger partial charge in [-0.3, -0.25) is 9.89 Å². The maximum atomic E-state index is 13.4. The molecular weight excluding hydrogens is 423 g/mol. The lowest BCUT2D eigenvalue weighted by atomic mass is 10.1. The zero-order valence-corrected chi connectivity index (χ0v) is 19.2. The minimum atomic E-state index is -0.282. The fourth-order valence-electron chi connectivity index (χ4n) is 3.64. The summed E-state index contributed by atoms with van der Waals surface area (Å²) in [6.07, 6.45) is 1.52. The molecule has 0 saturated carbocycles. The van der Waals surface area contributed by atoms with E-state index in [1.807, 2.05) is 17.5 Å². The summed E-state index contributed by atoms with van der Waals surface area (Å²) in [6.45, 7) is 4.73. The van der Waals surface area contributed by atoms with Crippen LogP contribution in [0.3, 0.4) is 0 Å². The number of aryl methyl sites for hydroxylation is 3. The van der Waals surface area contributed by atoms with Crippen molar-refractivity contribution in [3.8, 4) is 21.8 Å². The number of benzene rings is 2. The molecule has 0 atom stereocenters. The van der Waals surface area contributed by atoms with E-state index in [2.05, 4.69) is 47.2 Å². The van der Waals surface area contributed by atoms with Crippen LogP contribution in [0.25, 0.3) is 21.8 Å². The Morgan fingerprint density at radius 2 is 2.00 bits per heavy atom. The first-order valence-electron chi connectivity index (χ1n) is 10.5. The molecule has 2 aromatic carbocycles. The van der Waals surface area contributed by atoms with Crippen LogP contribution in [0.15, 0.2) is 53.9 Å². The minimum absolute atomic E-state index is 0.0812. The smallest absolute Gasteiger partial charge is 0.273 e. The van der Waals surface area contributed by atoms with Gasteiger partial charge in [-0.05, 0) is 50.5 Å². The van der Waals surface area contributed by atoms with Gasteiger partial charge in [0, 0.05) is 35.8 Å². The number of aromatic nitrogens is 3. The minimum Gasteiger partial charge on any atom is -0.340 e. The molecule has 2 aromatic heterocycles. The van der Waals surface area contributed by atoms with Crippen LogP contribution in [0.5, 0.6) is 0 Å². The number of H-pyrrole nitrogens is 1. The average Bonchev–Trinajstić information content (AvgIpc) is 3.43. The number of aromatic amines is 1. The number of halogens is 1. The number of nitrogens with zero attached hydrogens (tertiary/aromatic N) is 3. The standard InChI is InChI=1S/C25H25FN4OS/c1-16-9-10-21(17(2)12-16)24-27-23(15-32-24)25(31)30(3)11-5-8-20-14-22(29-28-20)18-6-4-7-19(26)13-18/h4,6-7,9-10,12-15H,5,8,11H2,1-3H3,(H,28,29). The van der Waals surface area contributed by atoms with Crippen LogP contribution in [0, 0.1) is 19.7 Å². The number of rotatable bonds is 7. The van der Waals surface area contributed by atoms with Crippen molar-refractivity contribution in [2.45, 2.75) is 26.7 Å². The molecule has 0 aliphatic rings. The zero-order chi connectivity index (χ0) is 22.7. The third kappa shape index (κ3) is 4.94. The van der Waals surface area contributed by atoms with Crippen LogP contribution < -0.4 is 0 Å². The number of amides is 1. The van der Waals surface area contributed by atoms with Gasteiger partial charge in [-0.2, -0.15) is 5.10 Å². The van der Waals surface area contributed by atoms with Gasteiger partial charge in [-0.15, -0.1) is 11.3 Å². The van der Waals surface area contributed by atoms with Crippen LogP contribution in [-0.4, -0.2) is 39.6 Å². The lowest BCUT2D eigenvalue weighted by Gasteiger charge is -2.15. The molecule has 4 aromatic rings. The first-order chi connectivity index (χ1) is 15.4. The summed E-state index contributed by atoms with van der Waals surface area (Å²) in [4.78, 5) is 19.1. The van der Waals surface area contributed by atoms with Crippen molar-refractivity contribution in [2.75, 3.05) is 13.6 Å². The largest absolute Gasteiger partial charge is 0.340 e. The Labute approximate surface area is 191 Å². The van der Waals surface area contributed by atoms with E-state index < -0.39 is 0 Å². The average molecular weight is 449 g/mol. The second-order valence-corrected chi connectivity index (χ2v) is 8.83. The van der Waals surface area contributed by atoms with E-state index in [9.17, 15) is 9.18 Å². The number of hydrogen-bond donors (Lipinski definition) is 1. The van der Waals surface area contributed by atoms with Crippen molar-refractivity contribution < 1.29 is 9.18 Å². The van der Waals surface area contributed by atoms with Gasteiger partial charge in [0.1, 0.15) is 16.5 Å². The summed E-state index contributed by atoms with van der Waals surface area (Å²) in [5, 5.41) is 9.96. The highest BCUT2D eigenvalue weighted by molar-refractivity contribution is 7.13. The maximum Gasteiger partial charge on any atom is 0.273 e.